The summed E-state index contributed by atoms with van der Waals surface area (Å²) in [6.07, 6.45) is 2.55. The van der Waals surface area contributed by atoms with Gasteiger partial charge in [0.2, 0.25) is 0 Å². The largest absolute Gasteiger partial charge is 0.295 e. The van der Waals surface area contributed by atoms with E-state index in [1.54, 1.807) is 12.3 Å². The number of aromatic nitrogens is 2. The lowest BCUT2D eigenvalue weighted by Crippen LogP contribution is -2.15. The third-order valence-electron chi connectivity index (χ3n) is 3.39. The number of hydrogen-bond donors (Lipinski definition) is 1. The van der Waals surface area contributed by atoms with Crippen LogP contribution in [0.4, 0.5) is 5.69 Å². The van der Waals surface area contributed by atoms with Crippen LogP contribution in [-0.4, -0.2) is 15.1 Å². The minimum atomic E-state index is -0.365. The molecule has 0 unspecified atom stereocenters. The fourth-order valence-corrected chi connectivity index (χ4v) is 1.78. The van der Waals surface area contributed by atoms with Crippen molar-refractivity contribution in [2.45, 2.75) is 32.6 Å². The van der Waals surface area contributed by atoms with E-state index >= 15 is 0 Å². The van der Waals surface area contributed by atoms with E-state index in [9.17, 15) is 10.1 Å². The topological polar surface area (TPSA) is 71.8 Å². The maximum Gasteiger partial charge on any atom is 0.295 e. The molecule has 0 spiro atoms. The van der Waals surface area contributed by atoms with E-state index in [1.807, 2.05) is 6.07 Å². The summed E-state index contributed by atoms with van der Waals surface area (Å²) in [5.41, 5.74) is 1.48. The molecule has 17 heavy (non-hydrogen) atoms. The number of aromatic amines is 1. The number of H-pyrrole nitrogens is 1. The third kappa shape index (κ3) is 1.88. The molecular weight excluding hydrogens is 218 g/mol. The highest BCUT2D eigenvalue weighted by Gasteiger charge is 2.23. The van der Waals surface area contributed by atoms with Crippen LogP contribution in [0.15, 0.2) is 18.3 Å². The molecule has 0 aliphatic carbocycles. The first-order valence-corrected chi connectivity index (χ1v) is 5.57. The van der Waals surface area contributed by atoms with Gasteiger partial charge in [-0.3, -0.25) is 15.2 Å². The number of nitro groups is 1. The summed E-state index contributed by atoms with van der Waals surface area (Å²) in [5, 5.41) is 18.4. The molecule has 0 atom stereocenters. The van der Waals surface area contributed by atoms with E-state index in [0.717, 1.165) is 17.4 Å². The number of hydrogen-bond acceptors (Lipinski definition) is 3. The molecule has 5 nitrogen and oxygen atoms in total. The second-order valence-electron chi connectivity index (χ2n) is 4.82. The minimum Gasteiger partial charge on any atom is -0.271 e. The van der Waals surface area contributed by atoms with Gasteiger partial charge in [-0.15, -0.1) is 0 Å². The molecule has 0 saturated carbocycles. The average Bonchev–Trinajstić information content (AvgIpc) is 2.75. The molecule has 0 saturated heterocycles. The van der Waals surface area contributed by atoms with E-state index in [0.29, 0.717) is 5.52 Å². The quantitative estimate of drug-likeness (QED) is 0.653. The van der Waals surface area contributed by atoms with E-state index in [1.165, 1.54) is 0 Å². The van der Waals surface area contributed by atoms with Crippen molar-refractivity contribution in [3.8, 4) is 0 Å². The van der Waals surface area contributed by atoms with Gasteiger partial charge in [0.25, 0.3) is 5.69 Å². The van der Waals surface area contributed by atoms with Crippen LogP contribution in [0.3, 0.4) is 0 Å². The van der Waals surface area contributed by atoms with Gasteiger partial charge in [-0.25, -0.2) is 0 Å². The average molecular weight is 233 g/mol. The van der Waals surface area contributed by atoms with Crippen LogP contribution < -0.4 is 0 Å². The third-order valence-corrected chi connectivity index (χ3v) is 3.39. The summed E-state index contributed by atoms with van der Waals surface area (Å²) < 4.78 is 0. The first-order valence-electron chi connectivity index (χ1n) is 5.57. The van der Waals surface area contributed by atoms with Gasteiger partial charge < -0.3 is 0 Å². The maximum atomic E-state index is 11.0. The van der Waals surface area contributed by atoms with Crippen LogP contribution in [0.1, 0.15) is 32.8 Å². The number of nitrogens with zero attached hydrogens (tertiary/aromatic N) is 2. The van der Waals surface area contributed by atoms with Gasteiger partial charge in [0.1, 0.15) is 5.52 Å². The van der Waals surface area contributed by atoms with Crippen LogP contribution in [-0.2, 0) is 5.41 Å². The Morgan fingerprint density at radius 2 is 2.18 bits per heavy atom. The standard InChI is InChI=1S/C12H15N3O2/c1-4-12(2,3)9-5-8-7-13-14-11(8)10(6-9)15(16)17/h5-7H,4H2,1-3H3,(H,13,14). The molecular formula is C12H15N3O2. The lowest BCUT2D eigenvalue weighted by Gasteiger charge is -2.23. The van der Waals surface area contributed by atoms with Crippen LogP contribution in [0, 0.1) is 10.1 Å². The number of rotatable bonds is 3. The monoisotopic (exact) mass is 233 g/mol. The SMILES string of the molecule is CCC(C)(C)c1cc([N+](=O)[O-])c2[nH]ncc2c1. The zero-order chi connectivity index (χ0) is 12.6. The van der Waals surface area contributed by atoms with Crippen molar-refractivity contribution < 1.29 is 4.92 Å². The second-order valence-corrected chi connectivity index (χ2v) is 4.82. The predicted octanol–water partition coefficient (Wildman–Crippen LogP) is 3.16. The lowest BCUT2D eigenvalue weighted by molar-refractivity contribution is -0.383. The Morgan fingerprint density at radius 1 is 1.47 bits per heavy atom. The van der Waals surface area contributed by atoms with Gasteiger partial charge in [0.05, 0.1) is 11.1 Å². The first kappa shape index (κ1) is 11.6. The Bertz CT molecular complexity index is 572. The molecule has 2 rings (SSSR count). The number of fused-ring (bicyclic) bond motifs is 1. The summed E-state index contributed by atoms with van der Waals surface area (Å²) >= 11 is 0. The zero-order valence-corrected chi connectivity index (χ0v) is 10.2. The molecule has 1 aromatic carbocycles. The molecule has 0 aliphatic rings. The minimum absolute atomic E-state index is 0.0732. The van der Waals surface area contributed by atoms with Crippen molar-refractivity contribution in [1.29, 1.82) is 0 Å². The Kier molecular flexibility index (Phi) is 2.61. The smallest absolute Gasteiger partial charge is 0.271 e. The van der Waals surface area contributed by atoms with Crippen LogP contribution in [0.25, 0.3) is 10.9 Å². The van der Waals surface area contributed by atoms with Crippen molar-refractivity contribution in [2.24, 2.45) is 0 Å². The lowest BCUT2D eigenvalue weighted by atomic mass is 9.81. The van der Waals surface area contributed by atoms with Crippen molar-refractivity contribution >= 4 is 16.6 Å². The van der Waals surface area contributed by atoms with Crippen molar-refractivity contribution in [1.82, 2.24) is 10.2 Å². The van der Waals surface area contributed by atoms with E-state index in [4.69, 9.17) is 0 Å². The summed E-state index contributed by atoms with van der Waals surface area (Å²) in [7, 11) is 0. The van der Waals surface area contributed by atoms with Crippen molar-refractivity contribution in [3.05, 3.63) is 34.0 Å². The van der Waals surface area contributed by atoms with Gasteiger partial charge in [-0.2, -0.15) is 5.10 Å². The molecule has 0 aliphatic heterocycles. The van der Waals surface area contributed by atoms with E-state index in [2.05, 4.69) is 31.0 Å². The molecule has 1 aromatic heterocycles. The molecule has 0 radical (unpaired) electrons. The van der Waals surface area contributed by atoms with Gasteiger partial charge in [-0.1, -0.05) is 20.8 Å². The molecule has 1 N–H and O–H groups in total. The Morgan fingerprint density at radius 3 is 2.76 bits per heavy atom. The highest BCUT2D eigenvalue weighted by atomic mass is 16.6. The number of nitro benzene ring substituents is 1. The summed E-state index contributed by atoms with van der Waals surface area (Å²) in [4.78, 5) is 10.7. The highest BCUT2D eigenvalue weighted by molar-refractivity contribution is 5.87. The molecule has 5 heteroatoms. The van der Waals surface area contributed by atoms with Crippen LogP contribution in [0.5, 0.6) is 0 Å². The Hall–Kier alpha value is -1.91. The van der Waals surface area contributed by atoms with Gasteiger partial charge >= 0.3 is 0 Å². The fourth-order valence-electron chi connectivity index (χ4n) is 1.78. The molecule has 90 valence electrons. The van der Waals surface area contributed by atoms with Crippen molar-refractivity contribution in [3.63, 3.8) is 0 Å². The fraction of sp³-hybridized carbons (Fsp3) is 0.417. The zero-order valence-electron chi connectivity index (χ0n) is 10.2. The van der Waals surface area contributed by atoms with Gasteiger partial charge in [0, 0.05) is 11.5 Å². The Balaban J connectivity index is 2.71. The molecule has 2 aromatic rings. The molecule has 1 heterocycles. The number of non-ortho nitro benzene ring substituents is 1. The van der Waals surface area contributed by atoms with Crippen molar-refractivity contribution in [2.75, 3.05) is 0 Å². The molecule has 0 amide bonds. The summed E-state index contributed by atoms with van der Waals surface area (Å²) in [5.74, 6) is 0. The number of benzene rings is 1. The normalized spacial score (nSPS) is 11.9. The first-order chi connectivity index (χ1) is 7.95. The van der Waals surface area contributed by atoms with Crippen LogP contribution in [0.2, 0.25) is 0 Å². The van der Waals surface area contributed by atoms with Crippen LogP contribution >= 0.6 is 0 Å². The van der Waals surface area contributed by atoms with E-state index in [-0.39, 0.29) is 16.0 Å². The second kappa shape index (κ2) is 3.84. The van der Waals surface area contributed by atoms with E-state index < -0.39 is 0 Å². The molecule has 0 fully saturated rings. The van der Waals surface area contributed by atoms with Gasteiger partial charge in [-0.05, 0) is 23.5 Å². The summed E-state index contributed by atoms with van der Waals surface area (Å²) in [6.45, 7) is 6.24. The summed E-state index contributed by atoms with van der Waals surface area (Å²) in [6, 6.07) is 3.61. The van der Waals surface area contributed by atoms with Gasteiger partial charge in [0.15, 0.2) is 0 Å². The maximum absolute atomic E-state index is 11.0. The molecule has 0 bridgehead atoms. The Labute approximate surface area is 99.0 Å². The predicted molar refractivity (Wildman–Crippen MR) is 66.1 cm³/mol. The highest BCUT2D eigenvalue weighted by Crippen LogP contribution is 2.33. The number of nitrogens with one attached hydrogen (secondary N) is 1.